The predicted molar refractivity (Wildman–Crippen MR) is 85.1 cm³/mol. The van der Waals surface area contributed by atoms with Crippen LogP contribution < -0.4 is 11.1 Å². The maximum atomic E-state index is 11.9. The molecule has 3 rings (SSSR count). The maximum absolute atomic E-state index is 11.9. The number of hydrogen-bond donors (Lipinski definition) is 2. The molecule has 0 spiro atoms. The zero-order chi connectivity index (χ0) is 14.7. The van der Waals surface area contributed by atoms with Gasteiger partial charge in [0.05, 0.1) is 0 Å². The summed E-state index contributed by atoms with van der Waals surface area (Å²) in [5.74, 6) is 0.597. The van der Waals surface area contributed by atoms with Crippen molar-refractivity contribution < 1.29 is 4.79 Å². The lowest BCUT2D eigenvalue weighted by Gasteiger charge is -2.30. The molecule has 2 aromatic rings. The average molecular weight is 280 g/mol. The van der Waals surface area contributed by atoms with E-state index in [-0.39, 0.29) is 5.91 Å². The van der Waals surface area contributed by atoms with Crippen LogP contribution in [0.2, 0.25) is 0 Å². The normalized spacial score (nSPS) is 15.9. The number of anilines is 1. The molecule has 1 aliphatic carbocycles. The van der Waals surface area contributed by atoms with Crippen LogP contribution in [0.4, 0.5) is 5.69 Å². The lowest BCUT2D eigenvalue weighted by Crippen LogP contribution is -2.33. The number of hydrogen-bond acceptors (Lipinski definition) is 2. The molecule has 3 nitrogen and oxygen atoms in total. The Labute approximate surface area is 125 Å². The standard InChI is InChI=1S/C18H20N2O/c19-16-6-3-4-13(10-16)8-9-18(21)20-12-15-11-14-5-1-2-7-17(14)15/h1-7,10,15H,8-9,11-12,19H2,(H,20,21). The van der Waals surface area contributed by atoms with Crippen LogP contribution in [0.3, 0.4) is 0 Å². The Balaban J connectivity index is 1.44. The van der Waals surface area contributed by atoms with E-state index in [9.17, 15) is 4.79 Å². The minimum absolute atomic E-state index is 0.113. The third kappa shape index (κ3) is 3.24. The Morgan fingerprint density at radius 3 is 2.86 bits per heavy atom. The lowest BCUT2D eigenvalue weighted by atomic mass is 9.77. The van der Waals surface area contributed by atoms with Gasteiger partial charge in [-0.3, -0.25) is 4.79 Å². The summed E-state index contributed by atoms with van der Waals surface area (Å²) < 4.78 is 0. The second-order valence-corrected chi connectivity index (χ2v) is 5.65. The average Bonchev–Trinajstić information content (AvgIpc) is 2.46. The zero-order valence-electron chi connectivity index (χ0n) is 12.0. The number of amides is 1. The Morgan fingerprint density at radius 2 is 2.05 bits per heavy atom. The summed E-state index contributed by atoms with van der Waals surface area (Å²) >= 11 is 0. The van der Waals surface area contributed by atoms with Gasteiger partial charge in [0.2, 0.25) is 5.91 Å². The molecular weight excluding hydrogens is 260 g/mol. The second-order valence-electron chi connectivity index (χ2n) is 5.65. The molecule has 1 aliphatic rings. The number of fused-ring (bicyclic) bond motifs is 1. The molecule has 0 bridgehead atoms. The van der Waals surface area contributed by atoms with Crippen molar-refractivity contribution in [2.24, 2.45) is 0 Å². The van der Waals surface area contributed by atoms with Crippen molar-refractivity contribution in [3.05, 3.63) is 65.2 Å². The molecule has 3 N–H and O–H groups in total. The van der Waals surface area contributed by atoms with Crippen LogP contribution in [-0.2, 0) is 17.6 Å². The van der Waals surface area contributed by atoms with E-state index in [0.29, 0.717) is 12.3 Å². The number of aryl methyl sites for hydroxylation is 1. The number of rotatable bonds is 5. The van der Waals surface area contributed by atoms with Gasteiger partial charge in [0.25, 0.3) is 0 Å². The molecule has 1 atom stereocenters. The van der Waals surface area contributed by atoms with Crippen LogP contribution in [0.25, 0.3) is 0 Å². The maximum Gasteiger partial charge on any atom is 0.220 e. The van der Waals surface area contributed by atoms with Gasteiger partial charge in [-0.2, -0.15) is 0 Å². The molecule has 21 heavy (non-hydrogen) atoms. The third-order valence-corrected chi connectivity index (χ3v) is 4.10. The van der Waals surface area contributed by atoms with Gasteiger partial charge in [0.15, 0.2) is 0 Å². The van der Waals surface area contributed by atoms with E-state index in [1.54, 1.807) is 0 Å². The van der Waals surface area contributed by atoms with Crippen molar-refractivity contribution in [1.29, 1.82) is 0 Å². The number of carbonyl (C=O) groups is 1. The first-order valence-corrected chi connectivity index (χ1v) is 7.41. The molecule has 1 unspecified atom stereocenters. The highest BCUT2D eigenvalue weighted by Gasteiger charge is 2.25. The van der Waals surface area contributed by atoms with E-state index in [1.807, 2.05) is 24.3 Å². The van der Waals surface area contributed by atoms with E-state index in [4.69, 9.17) is 5.73 Å². The van der Waals surface area contributed by atoms with E-state index < -0.39 is 0 Å². The van der Waals surface area contributed by atoms with Crippen molar-refractivity contribution >= 4 is 11.6 Å². The SMILES string of the molecule is Nc1cccc(CCC(=O)NCC2Cc3ccccc32)c1. The largest absolute Gasteiger partial charge is 0.399 e. The summed E-state index contributed by atoms with van der Waals surface area (Å²) in [4.78, 5) is 11.9. The van der Waals surface area contributed by atoms with Crippen molar-refractivity contribution in [3.8, 4) is 0 Å². The summed E-state index contributed by atoms with van der Waals surface area (Å²) in [6, 6.07) is 16.2. The fourth-order valence-corrected chi connectivity index (χ4v) is 2.88. The van der Waals surface area contributed by atoms with Crippen LogP contribution >= 0.6 is 0 Å². The van der Waals surface area contributed by atoms with E-state index in [2.05, 4.69) is 29.6 Å². The van der Waals surface area contributed by atoms with Crippen molar-refractivity contribution in [3.63, 3.8) is 0 Å². The Bertz CT molecular complexity index is 651. The molecule has 3 heteroatoms. The fourth-order valence-electron chi connectivity index (χ4n) is 2.88. The molecule has 0 saturated carbocycles. The fraction of sp³-hybridized carbons (Fsp3) is 0.278. The van der Waals surface area contributed by atoms with E-state index in [0.717, 1.165) is 30.6 Å². The molecule has 0 fully saturated rings. The Morgan fingerprint density at radius 1 is 1.19 bits per heavy atom. The highest BCUT2D eigenvalue weighted by molar-refractivity contribution is 5.76. The van der Waals surface area contributed by atoms with Crippen molar-refractivity contribution in [2.75, 3.05) is 12.3 Å². The summed E-state index contributed by atoms with van der Waals surface area (Å²) in [6.07, 6.45) is 2.32. The molecular formula is C18H20N2O. The number of nitrogen functional groups attached to an aromatic ring is 1. The number of nitrogens with one attached hydrogen (secondary N) is 1. The molecule has 0 radical (unpaired) electrons. The van der Waals surface area contributed by atoms with Gasteiger partial charge < -0.3 is 11.1 Å². The summed E-state index contributed by atoms with van der Waals surface area (Å²) in [6.45, 7) is 0.743. The van der Waals surface area contributed by atoms with Crippen molar-refractivity contribution in [1.82, 2.24) is 5.32 Å². The molecule has 0 aromatic heterocycles. The van der Waals surface area contributed by atoms with Gasteiger partial charge in [0, 0.05) is 24.6 Å². The first-order valence-electron chi connectivity index (χ1n) is 7.41. The monoisotopic (exact) mass is 280 g/mol. The van der Waals surface area contributed by atoms with Crippen LogP contribution in [0.5, 0.6) is 0 Å². The Hall–Kier alpha value is -2.29. The smallest absolute Gasteiger partial charge is 0.220 e. The van der Waals surface area contributed by atoms with Crippen LogP contribution in [0.15, 0.2) is 48.5 Å². The van der Waals surface area contributed by atoms with Gasteiger partial charge >= 0.3 is 0 Å². The lowest BCUT2D eigenvalue weighted by molar-refractivity contribution is -0.121. The van der Waals surface area contributed by atoms with Crippen molar-refractivity contribution in [2.45, 2.75) is 25.2 Å². The highest BCUT2D eigenvalue weighted by Crippen LogP contribution is 2.33. The minimum Gasteiger partial charge on any atom is -0.399 e. The zero-order valence-corrected chi connectivity index (χ0v) is 12.0. The molecule has 0 aliphatic heterocycles. The van der Waals surface area contributed by atoms with Crippen LogP contribution in [0.1, 0.15) is 29.0 Å². The molecule has 1 amide bonds. The number of nitrogens with two attached hydrogens (primary N) is 1. The summed E-state index contributed by atoms with van der Waals surface area (Å²) in [5, 5.41) is 3.04. The first kappa shape index (κ1) is 13.7. The minimum atomic E-state index is 0.113. The first-order chi connectivity index (χ1) is 10.2. The summed E-state index contributed by atoms with van der Waals surface area (Å²) in [7, 11) is 0. The van der Waals surface area contributed by atoms with Gasteiger partial charge in [-0.25, -0.2) is 0 Å². The highest BCUT2D eigenvalue weighted by atomic mass is 16.1. The van der Waals surface area contributed by atoms with Gasteiger partial charge in [-0.1, -0.05) is 36.4 Å². The third-order valence-electron chi connectivity index (χ3n) is 4.10. The quantitative estimate of drug-likeness (QED) is 0.827. The molecule has 0 saturated heterocycles. The molecule has 108 valence electrons. The predicted octanol–water partition coefficient (Wildman–Crippen LogP) is 2.66. The molecule has 2 aromatic carbocycles. The number of benzene rings is 2. The Kier molecular flexibility index (Phi) is 3.91. The molecule has 0 heterocycles. The van der Waals surface area contributed by atoms with Crippen LogP contribution in [0, 0.1) is 0 Å². The van der Waals surface area contributed by atoms with Gasteiger partial charge in [0.1, 0.15) is 0 Å². The van der Waals surface area contributed by atoms with E-state index in [1.165, 1.54) is 11.1 Å². The van der Waals surface area contributed by atoms with Gasteiger partial charge in [-0.15, -0.1) is 0 Å². The van der Waals surface area contributed by atoms with Gasteiger partial charge in [-0.05, 0) is 41.7 Å². The van der Waals surface area contributed by atoms with E-state index >= 15 is 0 Å². The van der Waals surface area contributed by atoms with Crippen LogP contribution in [-0.4, -0.2) is 12.5 Å². The second kappa shape index (κ2) is 6.00. The topological polar surface area (TPSA) is 55.1 Å². The summed E-state index contributed by atoms with van der Waals surface area (Å²) in [5.41, 5.74) is 10.4. The number of carbonyl (C=O) groups excluding carboxylic acids is 1.